The Labute approximate surface area is 110 Å². The van der Waals surface area contributed by atoms with Gasteiger partial charge in [0.25, 0.3) is 0 Å². The van der Waals surface area contributed by atoms with E-state index < -0.39 is 0 Å². The molecule has 2 rings (SSSR count). The zero-order valence-corrected chi connectivity index (χ0v) is 11.4. The highest BCUT2D eigenvalue weighted by atomic mass is 32.1. The number of carbonyl (C=O) groups is 1. The van der Waals surface area contributed by atoms with Gasteiger partial charge >= 0.3 is 0 Å². The molecular formula is C13H17N3OS. The summed E-state index contributed by atoms with van der Waals surface area (Å²) in [5.74, 6) is 0.119. The van der Waals surface area contributed by atoms with Crippen LogP contribution >= 0.6 is 11.3 Å². The van der Waals surface area contributed by atoms with Crippen molar-refractivity contribution in [1.29, 1.82) is 0 Å². The van der Waals surface area contributed by atoms with E-state index >= 15 is 0 Å². The van der Waals surface area contributed by atoms with Crippen LogP contribution in [0.1, 0.15) is 13.8 Å². The molecule has 5 heteroatoms. The predicted molar refractivity (Wildman–Crippen MR) is 76.0 cm³/mol. The SMILES string of the molecule is CC(C)C(=O)NCCNc1nc2ccccc2s1. The maximum absolute atomic E-state index is 11.3. The van der Waals surface area contributed by atoms with E-state index in [0.29, 0.717) is 13.1 Å². The second kappa shape index (κ2) is 5.82. The molecule has 1 aromatic heterocycles. The van der Waals surface area contributed by atoms with Crippen molar-refractivity contribution in [3.8, 4) is 0 Å². The van der Waals surface area contributed by atoms with Crippen molar-refractivity contribution in [2.24, 2.45) is 5.92 Å². The monoisotopic (exact) mass is 263 g/mol. The predicted octanol–water partition coefficient (Wildman–Crippen LogP) is 2.48. The van der Waals surface area contributed by atoms with Crippen molar-refractivity contribution < 1.29 is 4.79 Å². The topological polar surface area (TPSA) is 54.0 Å². The molecule has 0 aliphatic rings. The highest BCUT2D eigenvalue weighted by Crippen LogP contribution is 2.24. The third kappa shape index (κ3) is 3.20. The molecule has 1 aromatic carbocycles. The fraction of sp³-hybridized carbons (Fsp3) is 0.385. The first kappa shape index (κ1) is 12.8. The van der Waals surface area contributed by atoms with E-state index in [4.69, 9.17) is 0 Å². The van der Waals surface area contributed by atoms with Crippen LogP contribution in [0.2, 0.25) is 0 Å². The lowest BCUT2D eigenvalue weighted by atomic mass is 10.2. The molecule has 0 saturated carbocycles. The third-order valence-corrected chi connectivity index (χ3v) is 3.51. The molecule has 18 heavy (non-hydrogen) atoms. The second-order valence-electron chi connectivity index (χ2n) is 4.36. The van der Waals surface area contributed by atoms with Crippen molar-refractivity contribution in [2.75, 3.05) is 18.4 Å². The van der Waals surface area contributed by atoms with Gasteiger partial charge < -0.3 is 10.6 Å². The van der Waals surface area contributed by atoms with E-state index in [1.54, 1.807) is 11.3 Å². The van der Waals surface area contributed by atoms with Gasteiger partial charge in [-0.1, -0.05) is 37.3 Å². The molecule has 2 N–H and O–H groups in total. The molecular weight excluding hydrogens is 246 g/mol. The minimum Gasteiger partial charge on any atom is -0.360 e. The number of carbonyl (C=O) groups excluding carboxylic acids is 1. The number of amides is 1. The molecule has 0 spiro atoms. The number of hydrogen-bond acceptors (Lipinski definition) is 4. The Hall–Kier alpha value is -1.62. The van der Waals surface area contributed by atoms with E-state index in [9.17, 15) is 4.79 Å². The second-order valence-corrected chi connectivity index (χ2v) is 5.39. The van der Waals surface area contributed by atoms with Gasteiger partial charge in [0.15, 0.2) is 5.13 Å². The van der Waals surface area contributed by atoms with Crippen LogP contribution in [0.25, 0.3) is 10.2 Å². The number of nitrogens with zero attached hydrogens (tertiary/aromatic N) is 1. The van der Waals surface area contributed by atoms with Gasteiger partial charge in [-0.05, 0) is 12.1 Å². The number of anilines is 1. The van der Waals surface area contributed by atoms with Crippen LogP contribution in [-0.4, -0.2) is 24.0 Å². The molecule has 0 aliphatic carbocycles. The Morgan fingerprint density at radius 2 is 2.11 bits per heavy atom. The molecule has 1 amide bonds. The molecule has 0 fully saturated rings. The largest absolute Gasteiger partial charge is 0.360 e. The summed E-state index contributed by atoms with van der Waals surface area (Å²) in [5.41, 5.74) is 1.01. The Kier molecular flexibility index (Phi) is 4.15. The van der Waals surface area contributed by atoms with Crippen molar-refractivity contribution in [1.82, 2.24) is 10.3 Å². The van der Waals surface area contributed by atoms with Crippen LogP contribution in [0.15, 0.2) is 24.3 Å². The normalized spacial score (nSPS) is 10.8. The quantitative estimate of drug-likeness (QED) is 0.815. The smallest absolute Gasteiger partial charge is 0.222 e. The first-order valence-corrected chi connectivity index (χ1v) is 6.85. The molecule has 96 valence electrons. The van der Waals surface area contributed by atoms with Gasteiger partial charge in [0.05, 0.1) is 10.2 Å². The summed E-state index contributed by atoms with van der Waals surface area (Å²) in [6, 6.07) is 8.04. The zero-order valence-electron chi connectivity index (χ0n) is 10.6. The van der Waals surface area contributed by atoms with Crippen LogP contribution in [0.5, 0.6) is 0 Å². The zero-order chi connectivity index (χ0) is 13.0. The van der Waals surface area contributed by atoms with Crippen molar-refractivity contribution in [3.05, 3.63) is 24.3 Å². The van der Waals surface area contributed by atoms with Gasteiger partial charge in [-0.25, -0.2) is 4.98 Å². The Morgan fingerprint density at radius 1 is 1.33 bits per heavy atom. The lowest BCUT2D eigenvalue weighted by Gasteiger charge is -2.07. The Bertz CT molecular complexity index is 503. The lowest BCUT2D eigenvalue weighted by Crippen LogP contribution is -2.31. The van der Waals surface area contributed by atoms with Crippen LogP contribution in [0.3, 0.4) is 0 Å². The molecule has 0 atom stereocenters. The summed E-state index contributed by atoms with van der Waals surface area (Å²) in [5, 5.41) is 6.98. The minimum absolute atomic E-state index is 0.0347. The molecule has 0 bridgehead atoms. The number of thiazole rings is 1. The fourth-order valence-corrected chi connectivity index (χ4v) is 2.40. The van der Waals surface area contributed by atoms with Gasteiger partial charge in [0.2, 0.25) is 5.91 Å². The molecule has 2 aromatic rings. The van der Waals surface area contributed by atoms with Crippen molar-refractivity contribution in [3.63, 3.8) is 0 Å². The lowest BCUT2D eigenvalue weighted by molar-refractivity contribution is -0.123. The summed E-state index contributed by atoms with van der Waals surface area (Å²) in [6.45, 7) is 5.08. The first-order valence-electron chi connectivity index (χ1n) is 6.04. The van der Waals surface area contributed by atoms with Crippen LogP contribution in [0, 0.1) is 5.92 Å². The first-order chi connectivity index (χ1) is 8.66. The summed E-state index contributed by atoms with van der Waals surface area (Å²) < 4.78 is 1.17. The molecule has 0 unspecified atom stereocenters. The molecule has 0 aliphatic heterocycles. The maximum atomic E-state index is 11.3. The third-order valence-electron chi connectivity index (χ3n) is 2.52. The van der Waals surface area contributed by atoms with Gasteiger partial charge in [0, 0.05) is 19.0 Å². The van der Waals surface area contributed by atoms with Gasteiger partial charge in [-0.2, -0.15) is 0 Å². The highest BCUT2D eigenvalue weighted by Gasteiger charge is 2.05. The average molecular weight is 263 g/mol. The molecule has 1 heterocycles. The summed E-state index contributed by atoms with van der Waals surface area (Å²) in [7, 11) is 0. The average Bonchev–Trinajstić information content (AvgIpc) is 2.76. The molecule has 0 radical (unpaired) electrons. The summed E-state index contributed by atoms with van der Waals surface area (Å²) in [6.07, 6.45) is 0. The van der Waals surface area contributed by atoms with Crippen LogP contribution in [0.4, 0.5) is 5.13 Å². The summed E-state index contributed by atoms with van der Waals surface area (Å²) in [4.78, 5) is 15.8. The number of aromatic nitrogens is 1. The van der Waals surface area contributed by atoms with E-state index in [1.165, 1.54) is 4.70 Å². The Morgan fingerprint density at radius 3 is 2.83 bits per heavy atom. The van der Waals surface area contributed by atoms with Gasteiger partial charge in [-0.3, -0.25) is 4.79 Å². The van der Waals surface area contributed by atoms with Crippen LogP contribution in [-0.2, 0) is 4.79 Å². The number of para-hydroxylation sites is 1. The standard InChI is InChI=1S/C13H17N3OS/c1-9(2)12(17)14-7-8-15-13-16-10-5-3-4-6-11(10)18-13/h3-6,9H,7-8H2,1-2H3,(H,14,17)(H,15,16). The van der Waals surface area contributed by atoms with Gasteiger partial charge in [0.1, 0.15) is 0 Å². The minimum atomic E-state index is 0.0347. The number of rotatable bonds is 5. The molecule has 4 nitrogen and oxygen atoms in total. The fourth-order valence-electron chi connectivity index (χ4n) is 1.51. The number of hydrogen-bond donors (Lipinski definition) is 2. The van der Waals surface area contributed by atoms with E-state index in [1.807, 2.05) is 32.0 Å². The number of benzene rings is 1. The van der Waals surface area contributed by atoms with E-state index in [0.717, 1.165) is 10.6 Å². The van der Waals surface area contributed by atoms with E-state index in [2.05, 4.69) is 21.7 Å². The van der Waals surface area contributed by atoms with Crippen molar-refractivity contribution >= 4 is 32.6 Å². The number of nitrogens with one attached hydrogen (secondary N) is 2. The number of fused-ring (bicyclic) bond motifs is 1. The summed E-state index contributed by atoms with van der Waals surface area (Å²) >= 11 is 1.63. The van der Waals surface area contributed by atoms with Crippen LogP contribution < -0.4 is 10.6 Å². The maximum Gasteiger partial charge on any atom is 0.222 e. The van der Waals surface area contributed by atoms with Gasteiger partial charge in [-0.15, -0.1) is 0 Å². The van der Waals surface area contributed by atoms with E-state index in [-0.39, 0.29) is 11.8 Å². The Balaban J connectivity index is 1.82. The highest BCUT2D eigenvalue weighted by molar-refractivity contribution is 7.22. The van der Waals surface area contributed by atoms with Crippen molar-refractivity contribution in [2.45, 2.75) is 13.8 Å². The molecule has 0 saturated heterocycles.